The van der Waals surface area contributed by atoms with E-state index in [1.54, 1.807) is 35.2 Å². The maximum atomic E-state index is 12.9. The number of hydrogen-bond acceptors (Lipinski definition) is 7. The Morgan fingerprint density at radius 1 is 1.22 bits per heavy atom. The van der Waals surface area contributed by atoms with E-state index in [1.165, 1.54) is 44.4 Å². The summed E-state index contributed by atoms with van der Waals surface area (Å²) in [5, 5.41) is 3.32. The summed E-state index contributed by atoms with van der Waals surface area (Å²) >= 11 is 4.54. The number of fused-ring (bicyclic) bond motifs is 4. The number of rotatable bonds is 3. The second-order valence-corrected chi connectivity index (χ2v) is 9.48. The second-order valence-electron chi connectivity index (χ2n) is 6.58. The first-order chi connectivity index (χ1) is 13.1. The molecule has 0 aromatic carbocycles. The molecule has 27 heavy (non-hydrogen) atoms. The summed E-state index contributed by atoms with van der Waals surface area (Å²) in [5.41, 5.74) is 1.86. The molecule has 0 radical (unpaired) electrons. The molecule has 0 saturated heterocycles. The van der Waals surface area contributed by atoms with Gasteiger partial charge >= 0.3 is 0 Å². The minimum Gasteiger partial charge on any atom is -0.290 e. The molecule has 4 aromatic heterocycles. The molecule has 0 atom stereocenters. The topological polar surface area (TPSA) is 69.3 Å². The predicted molar refractivity (Wildman–Crippen MR) is 110 cm³/mol. The van der Waals surface area contributed by atoms with Crippen LogP contribution in [0.5, 0.6) is 0 Å². The Balaban J connectivity index is 1.52. The van der Waals surface area contributed by atoms with Gasteiger partial charge in [0, 0.05) is 35.3 Å². The first kappa shape index (κ1) is 17.2. The van der Waals surface area contributed by atoms with Gasteiger partial charge in [0.1, 0.15) is 4.83 Å². The van der Waals surface area contributed by atoms with E-state index in [9.17, 15) is 9.59 Å². The van der Waals surface area contributed by atoms with Crippen LogP contribution in [0.4, 0.5) is 0 Å². The smallest absolute Gasteiger partial charge is 0.262 e. The third-order valence-corrected chi connectivity index (χ3v) is 7.87. The van der Waals surface area contributed by atoms with Gasteiger partial charge in [-0.1, -0.05) is 11.8 Å². The first-order valence-electron chi connectivity index (χ1n) is 8.71. The summed E-state index contributed by atoms with van der Waals surface area (Å²) < 4.78 is 3.17. The maximum absolute atomic E-state index is 12.9. The quantitative estimate of drug-likeness (QED) is 0.379. The molecule has 0 saturated carbocycles. The van der Waals surface area contributed by atoms with Gasteiger partial charge in [-0.15, -0.1) is 22.7 Å². The number of aryl methyl sites for hydroxylation is 2. The lowest BCUT2D eigenvalue weighted by molar-refractivity contribution is 0.695. The van der Waals surface area contributed by atoms with Crippen LogP contribution in [0.15, 0.2) is 32.4 Å². The van der Waals surface area contributed by atoms with Gasteiger partial charge in [-0.25, -0.2) is 9.97 Å². The monoisotopic (exact) mass is 416 g/mol. The molecule has 1 aliphatic carbocycles. The number of nitrogens with zero attached hydrogens (tertiary/aromatic N) is 4. The highest BCUT2D eigenvalue weighted by atomic mass is 32.2. The van der Waals surface area contributed by atoms with Gasteiger partial charge in [-0.2, -0.15) is 0 Å². The van der Waals surface area contributed by atoms with E-state index in [2.05, 4.69) is 4.98 Å². The zero-order valence-electron chi connectivity index (χ0n) is 14.6. The molecule has 0 unspecified atom stereocenters. The molecule has 0 amide bonds. The zero-order chi connectivity index (χ0) is 18.5. The molecule has 0 bridgehead atoms. The fourth-order valence-corrected chi connectivity index (χ4v) is 6.40. The highest BCUT2D eigenvalue weighted by Crippen LogP contribution is 2.34. The molecule has 0 spiro atoms. The van der Waals surface area contributed by atoms with Crippen LogP contribution >= 0.6 is 34.4 Å². The van der Waals surface area contributed by atoms with E-state index >= 15 is 0 Å². The lowest BCUT2D eigenvalue weighted by Gasteiger charge is -2.10. The summed E-state index contributed by atoms with van der Waals surface area (Å²) in [6.45, 7) is 0. The Labute approximate surface area is 166 Å². The zero-order valence-corrected chi connectivity index (χ0v) is 17.0. The van der Waals surface area contributed by atoms with Gasteiger partial charge in [0.15, 0.2) is 10.1 Å². The van der Waals surface area contributed by atoms with Crippen LogP contribution in [-0.4, -0.2) is 18.9 Å². The van der Waals surface area contributed by atoms with E-state index < -0.39 is 0 Å². The Kier molecular flexibility index (Phi) is 4.18. The van der Waals surface area contributed by atoms with Crippen LogP contribution in [0, 0.1) is 0 Å². The molecule has 138 valence electrons. The lowest BCUT2D eigenvalue weighted by Crippen LogP contribution is -2.20. The largest absolute Gasteiger partial charge is 0.290 e. The van der Waals surface area contributed by atoms with Crippen molar-refractivity contribution in [2.24, 2.45) is 7.05 Å². The second kappa shape index (κ2) is 6.57. The van der Waals surface area contributed by atoms with Crippen LogP contribution in [0.2, 0.25) is 0 Å². The average Bonchev–Trinajstić information content (AvgIpc) is 3.28. The van der Waals surface area contributed by atoms with E-state index in [-0.39, 0.29) is 11.1 Å². The van der Waals surface area contributed by atoms with Gasteiger partial charge in [-0.05, 0) is 31.2 Å². The van der Waals surface area contributed by atoms with Crippen LogP contribution in [0.1, 0.15) is 29.0 Å². The Morgan fingerprint density at radius 3 is 2.96 bits per heavy atom. The molecule has 6 nitrogen and oxygen atoms in total. The van der Waals surface area contributed by atoms with Crippen molar-refractivity contribution in [2.75, 3.05) is 0 Å². The molecule has 5 rings (SSSR count). The molecule has 0 fully saturated rings. The van der Waals surface area contributed by atoms with Gasteiger partial charge in [0.05, 0.1) is 11.1 Å². The summed E-state index contributed by atoms with van der Waals surface area (Å²) in [4.78, 5) is 37.2. The average molecular weight is 417 g/mol. The van der Waals surface area contributed by atoms with Gasteiger partial charge in [0.25, 0.3) is 11.1 Å². The van der Waals surface area contributed by atoms with Crippen molar-refractivity contribution in [1.82, 2.24) is 18.9 Å². The van der Waals surface area contributed by atoms with Crippen molar-refractivity contribution >= 4 is 49.6 Å². The standard InChI is InChI=1S/C18H16N4O2S3/c1-21-16(24)14-11-4-2-3-5-12(11)27-15(14)20-17(21)26-9-10-8-13(23)22-6-7-25-18(22)19-10/h6-8H,2-5,9H2,1H3. The van der Waals surface area contributed by atoms with Crippen molar-refractivity contribution in [2.45, 2.75) is 36.6 Å². The van der Waals surface area contributed by atoms with Crippen molar-refractivity contribution in [3.8, 4) is 0 Å². The van der Waals surface area contributed by atoms with Crippen molar-refractivity contribution < 1.29 is 0 Å². The highest BCUT2D eigenvalue weighted by Gasteiger charge is 2.21. The number of aromatic nitrogens is 4. The van der Waals surface area contributed by atoms with E-state index in [0.29, 0.717) is 21.6 Å². The van der Waals surface area contributed by atoms with Crippen molar-refractivity contribution in [1.29, 1.82) is 0 Å². The van der Waals surface area contributed by atoms with E-state index in [1.807, 2.05) is 5.38 Å². The van der Waals surface area contributed by atoms with E-state index in [4.69, 9.17) is 4.98 Å². The summed E-state index contributed by atoms with van der Waals surface area (Å²) in [6, 6.07) is 1.55. The number of thioether (sulfide) groups is 1. The lowest BCUT2D eigenvalue weighted by atomic mass is 9.97. The molecular formula is C18H16N4O2S3. The predicted octanol–water partition coefficient (Wildman–Crippen LogP) is 3.24. The van der Waals surface area contributed by atoms with Crippen molar-refractivity contribution in [3.05, 3.63) is 54.5 Å². The molecule has 4 aromatic rings. The Morgan fingerprint density at radius 2 is 2.07 bits per heavy atom. The Bertz CT molecular complexity index is 1300. The third kappa shape index (κ3) is 2.84. The van der Waals surface area contributed by atoms with Gasteiger partial charge in [-0.3, -0.25) is 18.6 Å². The van der Waals surface area contributed by atoms with Crippen LogP contribution in [0.3, 0.4) is 0 Å². The molecule has 0 N–H and O–H groups in total. The van der Waals surface area contributed by atoms with Crippen molar-refractivity contribution in [3.63, 3.8) is 0 Å². The molecule has 1 aliphatic rings. The number of thiazole rings is 1. The SMILES string of the molecule is Cn1c(SCc2cc(=O)n3ccsc3n2)nc2sc3c(c2c1=O)CCCC3. The Hall–Kier alpha value is -1.97. The van der Waals surface area contributed by atoms with Crippen LogP contribution in [-0.2, 0) is 25.6 Å². The van der Waals surface area contributed by atoms with Gasteiger partial charge < -0.3 is 0 Å². The minimum atomic E-state index is -0.0833. The van der Waals surface area contributed by atoms with E-state index in [0.717, 1.165) is 29.5 Å². The third-order valence-electron chi connectivity index (χ3n) is 4.86. The molecular weight excluding hydrogens is 400 g/mol. The fourth-order valence-electron chi connectivity index (χ4n) is 3.50. The maximum Gasteiger partial charge on any atom is 0.262 e. The minimum absolute atomic E-state index is 0.0311. The number of hydrogen-bond donors (Lipinski definition) is 0. The normalized spacial score (nSPS) is 14.1. The first-order valence-corrected chi connectivity index (χ1v) is 11.4. The highest BCUT2D eigenvalue weighted by molar-refractivity contribution is 7.98. The molecule has 9 heteroatoms. The fraction of sp³-hybridized carbons (Fsp3) is 0.333. The van der Waals surface area contributed by atoms with Crippen LogP contribution in [0.25, 0.3) is 15.2 Å². The summed E-state index contributed by atoms with van der Waals surface area (Å²) in [5.74, 6) is 0.501. The van der Waals surface area contributed by atoms with Crippen LogP contribution < -0.4 is 11.1 Å². The molecule has 0 aliphatic heterocycles. The van der Waals surface area contributed by atoms with Gasteiger partial charge in [0.2, 0.25) is 0 Å². The molecule has 4 heterocycles. The summed E-state index contributed by atoms with van der Waals surface area (Å²) in [7, 11) is 1.77. The number of thiophene rings is 1. The summed E-state index contributed by atoms with van der Waals surface area (Å²) in [6.07, 6.45) is 6.09.